The second-order valence-electron chi connectivity index (χ2n) is 6.67. The number of hydrogen-bond donors (Lipinski definition) is 1. The van der Waals surface area contributed by atoms with E-state index < -0.39 is 0 Å². The van der Waals surface area contributed by atoms with Crippen LogP contribution in [-0.4, -0.2) is 49.9 Å². The van der Waals surface area contributed by atoms with Crippen LogP contribution in [0.4, 0.5) is 5.69 Å². The van der Waals surface area contributed by atoms with Crippen LogP contribution in [0.2, 0.25) is 0 Å². The van der Waals surface area contributed by atoms with Crippen molar-refractivity contribution < 1.29 is 23.7 Å². The Bertz CT molecular complexity index is 841. The van der Waals surface area contributed by atoms with Crippen LogP contribution in [0.1, 0.15) is 6.92 Å². The standard InChI is InChI=1S/C20H22N2O5/c1-13(20(23)21-14-7-8-17-19(9-14)26-12-25-17)22(2)10-15-11-24-16-5-3-4-6-18(16)27-15/h3-9,13,15H,10-12H2,1-2H3,(H,21,23)/t13-,15+/m0/s1. The van der Waals surface area contributed by atoms with Gasteiger partial charge in [0.05, 0.1) is 6.04 Å². The van der Waals surface area contributed by atoms with Crippen molar-refractivity contribution in [1.82, 2.24) is 4.90 Å². The summed E-state index contributed by atoms with van der Waals surface area (Å²) in [6.45, 7) is 3.10. The van der Waals surface area contributed by atoms with Gasteiger partial charge in [-0.1, -0.05) is 12.1 Å². The summed E-state index contributed by atoms with van der Waals surface area (Å²) in [4.78, 5) is 14.5. The minimum atomic E-state index is -0.337. The minimum absolute atomic E-state index is 0.103. The van der Waals surface area contributed by atoms with Gasteiger partial charge in [0.15, 0.2) is 23.0 Å². The number of rotatable bonds is 5. The molecular formula is C20H22N2O5. The molecule has 2 aliphatic rings. The number of nitrogens with one attached hydrogen (secondary N) is 1. The van der Waals surface area contributed by atoms with E-state index in [0.717, 1.165) is 11.5 Å². The lowest BCUT2D eigenvalue weighted by molar-refractivity contribution is -0.120. The van der Waals surface area contributed by atoms with Gasteiger partial charge >= 0.3 is 0 Å². The number of benzene rings is 2. The molecule has 142 valence electrons. The van der Waals surface area contributed by atoms with Gasteiger partial charge in [-0.3, -0.25) is 9.69 Å². The molecule has 7 heteroatoms. The maximum atomic E-state index is 12.6. The number of carbonyl (C=O) groups is 1. The van der Waals surface area contributed by atoms with E-state index in [1.54, 1.807) is 18.2 Å². The average Bonchev–Trinajstić information content (AvgIpc) is 3.15. The van der Waals surface area contributed by atoms with Gasteiger partial charge in [-0.15, -0.1) is 0 Å². The van der Waals surface area contributed by atoms with E-state index in [-0.39, 0.29) is 24.8 Å². The SMILES string of the molecule is C[C@@H](C(=O)Nc1ccc2c(c1)OCO2)N(C)C[C@@H]1COc2ccccc2O1. The van der Waals surface area contributed by atoms with Crippen molar-refractivity contribution in [3.05, 3.63) is 42.5 Å². The van der Waals surface area contributed by atoms with Crippen LogP contribution >= 0.6 is 0 Å². The molecule has 2 atom stereocenters. The molecule has 7 nitrogen and oxygen atoms in total. The van der Waals surface area contributed by atoms with Crippen molar-refractivity contribution in [1.29, 1.82) is 0 Å². The van der Waals surface area contributed by atoms with Gasteiger partial charge in [-0.25, -0.2) is 0 Å². The fourth-order valence-corrected chi connectivity index (χ4v) is 3.05. The number of fused-ring (bicyclic) bond motifs is 2. The summed E-state index contributed by atoms with van der Waals surface area (Å²) in [7, 11) is 1.90. The maximum absolute atomic E-state index is 12.6. The molecule has 2 aromatic rings. The van der Waals surface area contributed by atoms with Crippen molar-refractivity contribution >= 4 is 11.6 Å². The van der Waals surface area contributed by atoms with Gasteiger partial charge in [-0.05, 0) is 38.2 Å². The van der Waals surface area contributed by atoms with E-state index in [1.807, 2.05) is 43.1 Å². The summed E-state index contributed by atoms with van der Waals surface area (Å²) in [6, 6.07) is 12.6. The smallest absolute Gasteiger partial charge is 0.241 e. The molecule has 0 spiro atoms. The molecule has 2 aliphatic heterocycles. The Morgan fingerprint density at radius 1 is 1.11 bits per heavy atom. The Morgan fingerprint density at radius 3 is 2.70 bits per heavy atom. The zero-order chi connectivity index (χ0) is 18.8. The van der Waals surface area contributed by atoms with E-state index in [9.17, 15) is 4.79 Å². The monoisotopic (exact) mass is 370 g/mol. The number of hydrogen-bond acceptors (Lipinski definition) is 6. The van der Waals surface area contributed by atoms with E-state index in [2.05, 4.69) is 5.32 Å². The Morgan fingerprint density at radius 2 is 1.85 bits per heavy atom. The Balaban J connectivity index is 1.33. The van der Waals surface area contributed by atoms with Crippen molar-refractivity contribution in [2.45, 2.75) is 19.1 Å². The van der Waals surface area contributed by atoms with E-state index in [1.165, 1.54) is 0 Å². The molecule has 0 radical (unpaired) electrons. The van der Waals surface area contributed by atoms with Crippen LogP contribution < -0.4 is 24.3 Å². The number of carbonyl (C=O) groups excluding carboxylic acids is 1. The summed E-state index contributed by atoms with van der Waals surface area (Å²) < 4.78 is 22.3. The first-order chi connectivity index (χ1) is 13.1. The van der Waals surface area contributed by atoms with Crippen molar-refractivity contribution in [3.8, 4) is 23.0 Å². The van der Waals surface area contributed by atoms with Gasteiger partial charge in [0.2, 0.25) is 12.7 Å². The molecule has 0 bridgehead atoms. The molecule has 27 heavy (non-hydrogen) atoms. The summed E-state index contributed by atoms with van der Waals surface area (Å²) in [5, 5.41) is 2.92. The lowest BCUT2D eigenvalue weighted by Gasteiger charge is -2.31. The number of nitrogens with zero attached hydrogens (tertiary/aromatic N) is 1. The lowest BCUT2D eigenvalue weighted by atomic mass is 10.2. The zero-order valence-corrected chi connectivity index (χ0v) is 15.3. The number of ether oxygens (including phenoxy) is 4. The second kappa shape index (κ2) is 7.36. The van der Waals surface area contributed by atoms with Crippen molar-refractivity contribution in [2.24, 2.45) is 0 Å². The largest absolute Gasteiger partial charge is 0.486 e. The molecule has 2 heterocycles. The first kappa shape index (κ1) is 17.5. The molecule has 0 saturated heterocycles. The van der Waals surface area contributed by atoms with Crippen LogP contribution in [0.5, 0.6) is 23.0 Å². The van der Waals surface area contributed by atoms with Crippen LogP contribution in [0.25, 0.3) is 0 Å². The Hall–Kier alpha value is -2.93. The number of anilines is 1. The molecule has 2 aromatic carbocycles. The normalized spacial score (nSPS) is 18.3. The minimum Gasteiger partial charge on any atom is -0.486 e. The Labute approximate surface area is 157 Å². The lowest BCUT2D eigenvalue weighted by Crippen LogP contribution is -2.46. The summed E-state index contributed by atoms with van der Waals surface area (Å²) >= 11 is 0. The molecular weight excluding hydrogens is 348 g/mol. The number of likely N-dealkylation sites (N-methyl/N-ethyl adjacent to an activating group) is 1. The molecule has 0 aliphatic carbocycles. The number of para-hydroxylation sites is 2. The summed E-state index contributed by atoms with van der Waals surface area (Å²) in [5.41, 5.74) is 0.677. The molecule has 1 N–H and O–H groups in total. The third-order valence-electron chi connectivity index (χ3n) is 4.74. The Kier molecular flexibility index (Phi) is 4.77. The molecule has 0 unspecified atom stereocenters. The highest BCUT2D eigenvalue weighted by Crippen LogP contribution is 2.34. The van der Waals surface area contributed by atoms with E-state index in [4.69, 9.17) is 18.9 Å². The molecule has 1 amide bonds. The predicted molar refractivity (Wildman–Crippen MR) is 99.6 cm³/mol. The third kappa shape index (κ3) is 3.78. The van der Waals surface area contributed by atoms with Gasteiger partial charge in [0, 0.05) is 18.3 Å². The zero-order valence-electron chi connectivity index (χ0n) is 15.3. The first-order valence-corrected chi connectivity index (χ1v) is 8.89. The van der Waals surface area contributed by atoms with Gasteiger partial charge in [0.25, 0.3) is 0 Å². The third-order valence-corrected chi connectivity index (χ3v) is 4.74. The van der Waals surface area contributed by atoms with Gasteiger partial charge < -0.3 is 24.3 Å². The van der Waals surface area contributed by atoms with Crippen molar-refractivity contribution in [3.63, 3.8) is 0 Å². The first-order valence-electron chi connectivity index (χ1n) is 8.89. The number of amides is 1. The highest BCUT2D eigenvalue weighted by Gasteiger charge is 2.26. The second-order valence-corrected chi connectivity index (χ2v) is 6.67. The van der Waals surface area contributed by atoms with Crippen molar-refractivity contribution in [2.75, 3.05) is 32.3 Å². The van der Waals surface area contributed by atoms with Gasteiger partial charge in [-0.2, -0.15) is 0 Å². The molecule has 0 saturated carbocycles. The van der Waals surface area contributed by atoms with Crippen LogP contribution in [-0.2, 0) is 4.79 Å². The van der Waals surface area contributed by atoms with Crippen LogP contribution in [0.3, 0.4) is 0 Å². The molecule has 0 fully saturated rings. The highest BCUT2D eigenvalue weighted by atomic mass is 16.7. The predicted octanol–water partition coefficient (Wildman–Crippen LogP) is 2.51. The summed E-state index contributed by atoms with van der Waals surface area (Å²) in [6.07, 6.45) is -0.134. The van der Waals surface area contributed by atoms with Crippen LogP contribution in [0.15, 0.2) is 42.5 Å². The fourth-order valence-electron chi connectivity index (χ4n) is 3.05. The summed E-state index contributed by atoms with van der Waals surface area (Å²) in [5.74, 6) is 2.71. The quantitative estimate of drug-likeness (QED) is 0.872. The topological polar surface area (TPSA) is 69.3 Å². The van der Waals surface area contributed by atoms with Crippen LogP contribution in [0, 0.1) is 0 Å². The fraction of sp³-hybridized carbons (Fsp3) is 0.350. The van der Waals surface area contributed by atoms with E-state index in [0.29, 0.717) is 30.3 Å². The molecule has 0 aromatic heterocycles. The van der Waals surface area contributed by atoms with E-state index >= 15 is 0 Å². The highest BCUT2D eigenvalue weighted by molar-refractivity contribution is 5.94. The average molecular weight is 370 g/mol. The van der Waals surface area contributed by atoms with Gasteiger partial charge in [0.1, 0.15) is 12.7 Å². The maximum Gasteiger partial charge on any atom is 0.241 e. The molecule has 4 rings (SSSR count).